The molecule has 2 amide bonds. The second kappa shape index (κ2) is 8.36. The summed E-state index contributed by atoms with van der Waals surface area (Å²) in [5.74, 6) is 0.394. The molecule has 0 radical (unpaired) electrons. The minimum absolute atomic E-state index is 0.101. The summed E-state index contributed by atoms with van der Waals surface area (Å²) in [5, 5.41) is 3.41. The van der Waals surface area contributed by atoms with Crippen LogP contribution >= 0.6 is 11.6 Å². The zero-order chi connectivity index (χ0) is 17.5. The molecule has 2 aromatic rings. The van der Waals surface area contributed by atoms with Crippen LogP contribution in [0.1, 0.15) is 17.3 Å². The van der Waals surface area contributed by atoms with E-state index < -0.39 is 0 Å². The number of amides is 2. The van der Waals surface area contributed by atoms with Gasteiger partial charge in [0.05, 0.1) is 7.11 Å². The van der Waals surface area contributed by atoms with Crippen molar-refractivity contribution in [1.29, 1.82) is 0 Å². The van der Waals surface area contributed by atoms with Crippen molar-refractivity contribution in [2.75, 3.05) is 25.1 Å². The van der Waals surface area contributed by atoms with Crippen LogP contribution in [0.25, 0.3) is 0 Å². The maximum Gasteiger partial charge on any atom is 0.251 e. The van der Waals surface area contributed by atoms with E-state index in [0.29, 0.717) is 29.4 Å². The minimum Gasteiger partial charge on any atom is -0.497 e. The largest absolute Gasteiger partial charge is 0.497 e. The number of anilines is 1. The Hall–Kier alpha value is -2.53. The monoisotopic (exact) mass is 346 g/mol. The van der Waals surface area contributed by atoms with Crippen molar-refractivity contribution in [3.8, 4) is 5.75 Å². The molecule has 0 aromatic heterocycles. The van der Waals surface area contributed by atoms with Gasteiger partial charge in [-0.3, -0.25) is 9.59 Å². The lowest BCUT2D eigenvalue weighted by molar-refractivity contribution is -0.116. The Morgan fingerprint density at radius 2 is 1.71 bits per heavy atom. The summed E-state index contributed by atoms with van der Waals surface area (Å²) >= 11 is 5.86. The molecule has 0 atom stereocenters. The summed E-state index contributed by atoms with van der Waals surface area (Å²) < 4.78 is 5.06. The van der Waals surface area contributed by atoms with Gasteiger partial charge in [-0.15, -0.1) is 0 Å². The van der Waals surface area contributed by atoms with Crippen molar-refractivity contribution in [3.63, 3.8) is 0 Å². The average Bonchev–Trinajstić information content (AvgIpc) is 2.59. The smallest absolute Gasteiger partial charge is 0.251 e. The molecule has 2 rings (SSSR count). The molecule has 0 saturated carbocycles. The Labute approximate surface area is 146 Å². The Morgan fingerprint density at radius 3 is 2.25 bits per heavy atom. The highest BCUT2D eigenvalue weighted by Crippen LogP contribution is 2.18. The van der Waals surface area contributed by atoms with E-state index in [1.165, 1.54) is 6.92 Å². The van der Waals surface area contributed by atoms with Gasteiger partial charge in [-0.25, -0.2) is 0 Å². The third-order valence-electron chi connectivity index (χ3n) is 3.49. The highest BCUT2D eigenvalue weighted by molar-refractivity contribution is 6.30. The number of ether oxygens (including phenoxy) is 1. The van der Waals surface area contributed by atoms with Crippen LogP contribution in [0, 0.1) is 0 Å². The standard InChI is InChI=1S/C18H19ClN2O3/c1-13(22)21(16-7-5-15(19)6-8-16)12-11-20-18(23)14-3-9-17(24-2)10-4-14/h3-10H,11-12H2,1-2H3,(H,20,23). The quantitative estimate of drug-likeness (QED) is 0.874. The Bertz CT molecular complexity index is 699. The molecule has 0 spiro atoms. The van der Waals surface area contributed by atoms with Gasteiger partial charge in [0.1, 0.15) is 5.75 Å². The second-order valence-electron chi connectivity index (χ2n) is 5.13. The van der Waals surface area contributed by atoms with Crippen molar-refractivity contribution >= 4 is 29.1 Å². The van der Waals surface area contributed by atoms with Gasteiger partial charge in [0.25, 0.3) is 5.91 Å². The van der Waals surface area contributed by atoms with Gasteiger partial charge in [0, 0.05) is 36.3 Å². The lowest BCUT2D eigenvalue weighted by atomic mass is 10.2. The summed E-state index contributed by atoms with van der Waals surface area (Å²) in [6.45, 7) is 2.20. The lowest BCUT2D eigenvalue weighted by Gasteiger charge is -2.21. The third-order valence-corrected chi connectivity index (χ3v) is 3.74. The van der Waals surface area contributed by atoms with Crippen molar-refractivity contribution in [2.24, 2.45) is 0 Å². The zero-order valence-electron chi connectivity index (χ0n) is 13.6. The van der Waals surface area contributed by atoms with Gasteiger partial charge in [0.2, 0.25) is 5.91 Å². The highest BCUT2D eigenvalue weighted by atomic mass is 35.5. The van der Waals surface area contributed by atoms with Crippen molar-refractivity contribution < 1.29 is 14.3 Å². The van der Waals surface area contributed by atoms with Gasteiger partial charge in [-0.1, -0.05) is 11.6 Å². The molecule has 6 heteroatoms. The fraction of sp³-hybridized carbons (Fsp3) is 0.222. The summed E-state index contributed by atoms with van der Waals surface area (Å²) in [6, 6.07) is 13.8. The van der Waals surface area contributed by atoms with Crippen molar-refractivity contribution in [1.82, 2.24) is 5.32 Å². The number of nitrogens with zero attached hydrogens (tertiary/aromatic N) is 1. The molecule has 2 aromatic carbocycles. The van der Waals surface area contributed by atoms with Crippen LogP contribution in [-0.2, 0) is 4.79 Å². The number of benzene rings is 2. The molecule has 24 heavy (non-hydrogen) atoms. The molecular weight excluding hydrogens is 328 g/mol. The van der Waals surface area contributed by atoms with Gasteiger partial charge >= 0.3 is 0 Å². The van der Waals surface area contributed by atoms with Crippen LogP contribution < -0.4 is 15.0 Å². The topological polar surface area (TPSA) is 58.6 Å². The SMILES string of the molecule is COc1ccc(C(=O)NCCN(C(C)=O)c2ccc(Cl)cc2)cc1. The first kappa shape index (κ1) is 17.8. The molecule has 0 aliphatic rings. The van der Waals surface area contributed by atoms with E-state index >= 15 is 0 Å². The fourth-order valence-corrected chi connectivity index (χ4v) is 2.34. The van der Waals surface area contributed by atoms with Crippen LogP contribution in [-0.4, -0.2) is 32.0 Å². The van der Waals surface area contributed by atoms with E-state index in [1.54, 1.807) is 60.5 Å². The van der Waals surface area contributed by atoms with Crippen molar-refractivity contribution in [3.05, 3.63) is 59.1 Å². The number of nitrogens with one attached hydrogen (secondary N) is 1. The first-order valence-corrected chi connectivity index (χ1v) is 7.85. The zero-order valence-corrected chi connectivity index (χ0v) is 14.3. The van der Waals surface area contributed by atoms with E-state index in [2.05, 4.69) is 5.32 Å². The number of methoxy groups -OCH3 is 1. The second-order valence-corrected chi connectivity index (χ2v) is 5.57. The summed E-state index contributed by atoms with van der Waals surface area (Å²) in [6.07, 6.45) is 0. The predicted molar refractivity (Wildman–Crippen MR) is 94.8 cm³/mol. The average molecular weight is 347 g/mol. The Morgan fingerprint density at radius 1 is 1.08 bits per heavy atom. The molecule has 0 saturated heterocycles. The number of hydrogen-bond donors (Lipinski definition) is 1. The van der Waals surface area contributed by atoms with E-state index in [-0.39, 0.29) is 11.8 Å². The van der Waals surface area contributed by atoms with Crippen LogP contribution in [0.2, 0.25) is 5.02 Å². The molecule has 126 valence electrons. The van der Waals surface area contributed by atoms with Crippen LogP contribution in [0.3, 0.4) is 0 Å². The van der Waals surface area contributed by atoms with E-state index in [4.69, 9.17) is 16.3 Å². The first-order chi connectivity index (χ1) is 11.5. The number of halogens is 1. The summed E-state index contributed by atoms with van der Waals surface area (Å²) in [4.78, 5) is 25.5. The van der Waals surface area contributed by atoms with Crippen LogP contribution in [0.15, 0.2) is 48.5 Å². The van der Waals surface area contributed by atoms with Gasteiger partial charge in [-0.2, -0.15) is 0 Å². The molecule has 0 fully saturated rings. The molecule has 0 aliphatic heterocycles. The minimum atomic E-state index is -0.197. The maximum absolute atomic E-state index is 12.1. The van der Waals surface area contributed by atoms with Crippen LogP contribution in [0.5, 0.6) is 5.75 Å². The number of carbonyl (C=O) groups is 2. The third kappa shape index (κ3) is 4.73. The molecular formula is C18H19ClN2O3. The summed E-state index contributed by atoms with van der Waals surface area (Å²) in [7, 11) is 1.57. The Kier molecular flexibility index (Phi) is 6.21. The Balaban J connectivity index is 1.93. The number of hydrogen-bond acceptors (Lipinski definition) is 3. The highest BCUT2D eigenvalue weighted by Gasteiger charge is 2.12. The van der Waals surface area contributed by atoms with Gasteiger partial charge in [-0.05, 0) is 48.5 Å². The van der Waals surface area contributed by atoms with E-state index in [9.17, 15) is 9.59 Å². The van der Waals surface area contributed by atoms with E-state index in [1.807, 2.05) is 0 Å². The van der Waals surface area contributed by atoms with Gasteiger partial charge in [0.15, 0.2) is 0 Å². The molecule has 0 bridgehead atoms. The molecule has 5 nitrogen and oxygen atoms in total. The first-order valence-electron chi connectivity index (χ1n) is 7.47. The summed E-state index contributed by atoms with van der Waals surface area (Å²) in [5.41, 5.74) is 1.28. The molecule has 0 unspecified atom stereocenters. The fourth-order valence-electron chi connectivity index (χ4n) is 2.22. The molecule has 1 N–H and O–H groups in total. The molecule has 0 heterocycles. The van der Waals surface area contributed by atoms with Gasteiger partial charge < -0.3 is 15.0 Å². The molecule has 0 aliphatic carbocycles. The lowest BCUT2D eigenvalue weighted by Crippen LogP contribution is -2.37. The van der Waals surface area contributed by atoms with Crippen LogP contribution in [0.4, 0.5) is 5.69 Å². The van der Waals surface area contributed by atoms with E-state index in [0.717, 1.165) is 5.69 Å². The maximum atomic E-state index is 12.1. The number of carbonyl (C=O) groups excluding carboxylic acids is 2. The predicted octanol–water partition coefficient (Wildman–Crippen LogP) is 3.13. The number of rotatable bonds is 6. The normalized spacial score (nSPS) is 10.1. The van der Waals surface area contributed by atoms with Crippen molar-refractivity contribution in [2.45, 2.75) is 6.92 Å².